The summed E-state index contributed by atoms with van der Waals surface area (Å²) in [5.41, 5.74) is 1.78. The molecule has 3 aliphatic carbocycles. The molecule has 4 aliphatic rings. The number of nitro benzene ring substituents is 1. The number of hydrogen-bond acceptors (Lipinski definition) is 8. The maximum absolute atomic E-state index is 14.0. The second-order valence-electron chi connectivity index (χ2n) is 10.2. The molecule has 2 aromatic rings. The number of Topliss-reactive ketones (excluding diaryl/α,β-unsaturated/α-hetero) is 1. The third-order valence-corrected chi connectivity index (χ3v) is 9.65. The van der Waals surface area contributed by atoms with Crippen LogP contribution in [0.3, 0.4) is 0 Å². The summed E-state index contributed by atoms with van der Waals surface area (Å²) in [4.78, 5) is 66.1. The van der Waals surface area contributed by atoms with Crippen LogP contribution in [0.1, 0.15) is 24.3 Å². The molecule has 12 heteroatoms. The Hall–Kier alpha value is -3.65. The van der Waals surface area contributed by atoms with Crippen molar-refractivity contribution in [3.63, 3.8) is 0 Å². The number of nitro groups is 1. The van der Waals surface area contributed by atoms with Crippen LogP contribution in [0.4, 0.5) is 11.4 Å². The highest BCUT2D eigenvalue weighted by atomic mass is 127. The topological polar surface area (TPSA) is 144 Å². The van der Waals surface area contributed by atoms with E-state index < -0.39 is 40.4 Å². The number of rotatable bonds is 4. The molecular formula is C29H20BrIN2O8. The highest BCUT2D eigenvalue weighted by Gasteiger charge is 2.56. The number of non-ortho nitro benzene ring substituents is 1. The van der Waals surface area contributed by atoms with E-state index in [-0.39, 0.29) is 57.3 Å². The zero-order valence-corrected chi connectivity index (χ0v) is 25.0. The lowest BCUT2D eigenvalue weighted by atomic mass is 9.59. The van der Waals surface area contributed by atoms with Gasteiger partial charge in [-0.25, -0.2) is 4.90 Å². The van der Waals surface area contributed by atoms with Gasteiger partial charge < -0.3 is 9.84 Å². The Morgan fingerprint density at radius 2 is 1.88 bits per heavy atom. The molecule has 0 bridgehead atoms. The fourth-order valence-electron chi connectivity index (χ4n) is 6.50. The average molecular weight is 731 g/mol. The maximum atomic E-state index is 14.0. The Kier molecular flexibility index (Phi) is 6.72. The van der Waals surface area contributed by atoms with Gasteiger partial charge in [0, 0.05) is 35.3 Å². The summed E-state index contributed by atoms with van der Waals surface area (Å²) < 4.78 is 5.96. The first-order chi connectivity index (χ1) is 19.5. The van der Waals surface area contributed by atoms with Crippen molar-refractivity contribution in [3.8, 4) is 11.5 Å². The van der Waals surface area contributed by atoms with E-state index in [0.717, 1.165) is 10.5 Å². The van der Waals surface area contributed by atoms with Crippen LogP contribution in [0.15, 0.2) is 69.8 Å². The van der Waals surface area contributed by atoms with Crippen molar-refractivity contribution >= 4 is 73.3 Å². The van der Waals surface area contributed by atoms with Crippen LogP contribution in [-0.4, -0.2) is 40.5 Å². The minimum Gasteiger partial charge on any atom is -0.504 e. The monoisotopic (exact) mass is 730 g/mol. The highest BCUT2D eigenvalue weighted by Crippen LogP contribution is 2.56. The van der Waals surface area contributed by atoms with Crippen molar-refractivity contribution in [2.45, 2.75) is 18.8 Å². The largest absolute Gasteiger partial charge is 0.504 e. The molecule has 4 unspecified atom stereocenters. The number of phenols is 1. The van der Waals surface area contributed by atoms with Crippen LogP contribution in [0.2, 0.25) is 0 Å². The smallest absolute Gasteiger partial charge is 0.271 e. The van der Waals surface area contributed by atoms with Gasteiger partial charge in [-0.15, -0.1) is 0 Å². The first kappa shape index (κ1) is 27.5. The zero-order valence-electron chi connectivity index (χ0n) is 21.3. The van der Waals surface area contributed by atoms with E-state index >= 15 is 0 Å². The molecule has 1 N–H and O–H groups in total. The van der Waals surface area contributed by atoms with Gasteiger partial charge in [-0.05, 0) is 81.0 Å². The van der Waals surface area contributed by atoms with Crippen LogP contribution >= 0.6 is 38.5 Å². The van der Waals surface area contributed by atoms with Gasteiger partial charge in [-0.3, -0.25) is 29.3 Å². The van der Waals surface area contributed by atoms with Crippen LogP contribution in [0.25, 0.3) is 0 Å². The number of carbonyl (C=O) groups excluding carboxylic acids is 4. The molecule has 208 valence electrons. The van der Waals surface area contributed by atoms with E-state index in [4.69, 9.17) is 4.74 Å². The number of imide groups is 1. The van der Waals surface area contributed by atoms with Gasteiger partial charge in [0.25, 0.3) is 5.69 Å². The number of halogens is 2. The lowest BCUT2D eigenvalue weighted by molar-refractivity contribution is -0.384. The SMILES string of the molecule is COc1cc(C2C3=CCC4C(=O)N(c5cccc([N+](=O)[O-])c5)C(=O)C4C3CC3=C2C(=O)C=C(Br)C3=O)cc(I)c1O. The van der Waals surface area contributed by atoms with Crippen molar-refractivity contribution in [2.24, 2.45) is 17.8 Å². The first-order valence-corrected chi connectivity index (χ1v) is 14.5. The number of aromatic hydroxyl groups is 1. The molecule has 0 spiro atoms. The van der Waals surface area contributed by atoms with E-state index in [0.29, 0.717) is 14.7 Å². The second kappa shape index (κ2) is 10.0. The molecule has 0 aromatic heterocycles. The van der Waals surface area contributed by atoms with E-state index in [1.807, 2.05) is 28.7 Å². The third-order valence-electron chi connectivity index (χ3n) is 8.23. The molecule has 10 nitrogen and oxygen atoms in total. The minimum atomic E-state index is -0.830. The third kappa shape index (κ3) is 4.18. The Labute approximate surface area is 255 Å². The number of amides is 2. The van der Waals surface area contributed by atoms with Crippen molar-refractivity contribution in [1.82, 2.24) is 0 Å². The molecule has 6 rings (SSSR count). The molecule has 4 atom stereocenters. The predicted octanol–water partition coefficient (Wildman–Crippen LogP) is 4.88. The van der Waals surface area contributed by atoms with Crippen LogP contribution in [0.5, 0.6) is 11.5 Å². The van der Waals surface area contributed by atoms with Gasteiger partial charge in [0.2, 0.25) is 11.8 Å². The van der Waals surface area contributed by atoms with Gasteiger partial charge >= 0.3 is 0 Å². The summed E-state index contributed by atoms with van der Waals surface area (Å²) in [7, 11) is 1.41. The maximum Gasteiger partial charge on any atom is 0.271 e. The van der Waals surface area contributed by atoms with Gasteiger partial charge in [-0.1, -0.05) is 17.7 Å². The summed E-state index contributed by atoms with van der Waals surface area (Å²) in [5.74, 6) is -4.37. The molecule has 1 saturated heterocycles. The number of ketones is 2. The number of anilines is 1. The molecule has 1 aliphatic heterocycles. The number of hydrogen-bond donors (Lipinski definition) is 1. The predicted molar refractivity (Wildman–Crippen MR) is 158 cm³/mol. The van der Waals surface area contributed by atoms with Gasteiger partial charge in [-0.2, -0.15) is 0 Å². The number of phenolic OH excluding ortho intramolecular Hbond substituents is 1. The fourth-order valence-corrected chi connectivity index (χ4v) is 7.57. The van der Waals surface area contributed by atoms with E-state index in [2.05, 4.69) is 15.9 Å². The van der Waals surface area contributed by atoms with Crippen molar-refractivity contribution in [1.29, 1.82) is 0 Å². The lowest BCUT2D eigenvalue weighted by Crippen LogP contribution is -2.39. The number of carbonyl (C=O) groups is 4. The molecule has 2 amide bonds. The Bertz CT molecular complexity index is 1710. The van der Waals surface area contributed by atoms with Gasteiger partial charge in [0.15, 0.2) is 23.1 Å². The number of benzene rings is 2. The molecule has 2 aromatic carbocycles. The molecular weight excluding hydrogens is 711 g/mol. The van der Waals surface area contributed by atoms with Crippen molar-refractivity contribution in [2.75, 3.05) is 12.0 Å². The number of methoxy groups -OCH3 is 1. The lowest BCUT2D eigenvalue weighted by Gasteiger charge is -2.42. The van der Waals surface area contributed by atoms with Crippen LogP contribution in [0, 0.1) is 31.4 Å². The quantitative estimate of drug-likeness (QED) is 0.117. The van der Waals surface area contributed by atoms with Crippen LogP contribution in [-0.2, 0) is 19.2 Å². The molecule has 1 heterocycles. The normalized spacial score (nSPS) is 25.4. The summed E-state index contributed by atoms with van der Waals surface area (Å²) >= 11 is 5.16. The summed E-state index contributed by atoms with van der Waals surface area (Å²) in [5, 5.41) is 21.8. The average Bonchev–Trinajstić information content (AvgIpc) is 3.21. The molecule has 1 fully saturated rings. The summed E-state index contributed by atoms with van der Waals surface area (Å²) in [6, 6.07) is 8.71. The highest BCUT2D eigenvalue weighted by molar-refractivity contribution is 14.1. The summed E-state index contributed by atoms with van der Waals surface area (Å²) in [6.45, 7) is 0. The summed E-state index contributed by atoms with van der Waals surface area (Å²) in [6.07, 6.45) is 3.43. The van der Waals surface area contributed by atoms with Crippen molar-refractivity contribution < 1.29 is 33.9 Å². The molecule has 41 heavy (non-hydrogen) atoms. The molecule has 0 saturated carbocycles. The number of fused-ring (bicyclic) bond motifs is 3. The van der Waals surface area contributed by atoms with Crippen LogP contribution < -0.4 is 9.64 Å². The van der Waals surface area contributed by atoms with E-state index in [9.17, 15) is 34.4 Å². The molecule has 0 radical (unpaired) electrons. The number of allylic oxidation sites excluding steroid dienone is 6. The zero-order chi connectivity index (χ0) is 29.3. The van der Waals surface area contributed by atoms with E-state index in [1.165, 1.54) is 37.5 Å². The van der Waals surface area contributed by atoms with Gasteiger partial charge in [0.05, 0.1) is 37.6 Å². The van der Waals surface area contributed by atoms with E-state index in [1.54, 1.807) is 12.1 Å². The van der Waals surface area contributed by atoms with Crippen molar-refractivity contribution in [3.05, 3.63) is 89.0 Å². The first-order valence-electron chi connectivity index (χ1n) is 12.6. The van der Waals surface area contributed by atoms with Gasteiger partial charge in [0.1, 0.15) is 0 Å². The Morgan fingerprint density at radius 1 is 1.12 bits per heavy atom. The second-order valence-corrected chi connectivity index (χ2v) is 12.3. The minimum absolute atomic E-state index is 0.0612. The number of nitrogens with zero attached hydrogens (tertiary/aromatic N) is 2. The number of ether oxygens (including phenoxy) is 1. The Balaban J connectivity index is 1.49. The standard InChI is InChI=1S/C29H20BrIN2O8/c1-41-22-8-12(7-20(31)27(22)36)23-15-5-6-16-24(17(15)10-18-25(23)21(34)11-19(30)26(18)35)29(38)32(28(16)37)13-3-2-4-14(9-13)33(39)40/h2-5,7-9,11,16-17,23-24,36H,6,10H2,1H3. The Morgan fingerprint density at radius 3 is 2.59 bits per heavy atom. The fraction of sp³-hybridized carbons (Fsp3) is 0.241.